The van der Waals surface area contributed by atoms with Crippen molar-refractivity contribution in [3.63, 3.8) is 0 Å². The molecule has 1 aromatic rings. The van der Waals surface area contributed by atoms with Crippen molar-refractivity contribution >= 4 is 11.8 Å². The van der Waals surface area contributed by atoms with Gasteiger partial charge in [0.2, 0.25) is 5.91 Å². The predicted molar refractivity (Wildman–Crippen MR) is 108 cm³/mol. The van der Waals surface area contributed by atoms with E-state index in [1.807, 2.05) is 36.1 Å². The summed E-state index contributed by atoms with van der Waals surface area (Å²) in [7, 11) is 0. The Hall–Kier alpha value is -1.88. The minimum atomic E-state index is -0.422. The summed E-state index contributed by atoms with van der Waals surface area (Å²) in [5, 5.41) is 3.21. The van der Waals surface area contributed by atoms with E-state index in [9.17, 15) is 9.59 Å². The summed E-state index contributed by atoms with van der Waals surface area (Å²) in [5.41, 5.74) is 1.16. The molecule has 0 unspecified atom stereocenters. The minimum absolute atomic E-state index is 0.0635. The van der Waals surface area contributed by atoms with Crippen LogP contribution in [0.15, 0.2) is 24.3 Å². The van der Waals surface area contributed by atoms with Gasteiger partial charge >= 0.3 is 0 Å². The molecule has 5 heteroatoms. The standard InChI is InChI=1S/C23H32N2O3/c1-3-16(2)24-21(26)20-18-10-4-5-11-19(18)22(27)25(15-17-9-8-14-28-17)23(20)12-6-7-13-23/h4-5,10-11,16-17,20H,3,6-9,12-15H2,1-2H3,(H,24,26)/t16-,17+,20-/m0/s1. The number of carbonyl (C=O) groups excluding carboxylic acids is 2. The lowest BCUT2D eigenvalue weighted by molar-refractivity contribution is -0.127. The zero-order valence-electron chi connectivity index (χ0n) is 17.1. The van der Waals surface area contributed by atoms with Crippen molar-refractivity contribution in [1.82, 2.24) is 10.2 Å². The van der Waals surface area contributed by atoms with Gasteiger partial charge in [0.05, 0.1) is 17.6 Å². The third kappa shape index (κ3) is 3.24. The fourth-order valence-electron chi connectivity index (χ4n) is 5.35. The Morgan fingerprint density at radius 1 is 1.29 bits per heavy atom. The normalized spacial score (nSPS) is 27.1. The molecule has 2 aliphatic heterocycles. The molecule has 2 fully saturated rings. The van der Waals surface area contributed by atoms with Crippen molar-refractivity contribution in [3.05, 3.63) is 35.4 Å². The molecule has 5 nitrogen and oxygen atoms in total. The highest BCUT2D eigenvalue weighted by atomic mass is 16.5. The van der Waals surface area contributed by atoms with E-state index in [1.54, 1.807) is 0 Å². The minimum Gasteiger partial charge on any atom is -0.376 e. The fourth-order valence-corrected chi connectivity index (χ4v) is 5.35. The van der Waals surface area contributed by atoms with Crippen molar-refractivity contribution in [2.24, 2.45) is 0 Å². The maximum atomic E-state index is 13.6. The molecule has 1 saturated carbocycles. The van der Waals surface area contributed by atoms with Crippen LogP contribution >= 0.6 is 0 Å². The lowest BCUT2D eigenvalue weighted by atomic mass is 9.70. The van der Waals surface area contributed by atoms with Crippen LogP contribution in [0.1, 0.15) is 80.6 Å². The van der Waals surface area contributed by atoms with E-state index in [-0.39, 0.29) is 29.9 Å². The van der Waals surface area contributed by atoms with E-state index >= 15 is 0 Å². The van der Waals surface area contributed by atoms with Crippen molar-refractivity contribution in [1.29, 1.82) is 0 Å². The van der Waals surface area contributed by atoms with Crippen LogP contribution in [-0.4, -0.2) is 47.6 Å². The lowest BCUT2D eigenvalue weighted by Crippen LogP contribution is -2.62. The topological polar surface area (TPSA) is 58.6 Å². The largest absolute Gasteiger partial charge is 0.376 e. The number of carbonyl (C=O) groups is 2. The molecule has 1 aromatic carbocycles. The molecular weight excluding hydrogens is 352 g/mol. The molecule has 3 atom stereocenters. The van der Waals surface area contributed by atoms with Gasteiger partial charge in [-0.05, 0) is 50.7 Å². The number of hydrogen-bond acceptors (Lipinski definition) is 3. The van der Waals surface area contributed by atoms with Crippen LogP contribution in [0, 0.1) is 0 Å². The molecule has 3 aliphatic rings. The van der Waals surface area contributed by atoms with Crippen molar-refractivity contribution in [2.45, 2.75) is 82.4 Å². The van der Waals surface area contributed by atoms with Crippen molar-refractivity contribution in [3.8, 4) is 0 Å². The first-order valence-electron chi connectivity index (χ1n) is 10.9. The highest BCUT2D eigenvalue weighted by molar-refractivity contribution is 6.02. The first-order valence-corrected chi connectivity index (χ1v) is 10.9. The first kappa shape index (κ1) is 19.4. The van der Waals surface area contributed by atoms with E-state index in [0.717, 1.165) is 57.1 Å². The van der Waals surface area contributed by atoms with E-state index < -0.39 is 5.54 Å². The molecule has 1 aliphatic carbocycles. The fraction of sp³-hybridized carbons (Fsp3) is 0.652. The van der Waals surface area contributed by atoms with Crippen LogP contribution in [0.25, 0.3) is 0 Å². The van der Waals surface area contributed by atoms with Gasteiger partial charge < -0.3 is 15.0 Å². The zero-order chi connectivity index (χ0) is 19.7. The Morgan fingerprint density at radius 2 is 2.04 bits per heavy atom. The average molecular weight is 385 g/mol. The third-order valence-electron chi connectivity index (χ3n) is 6.97. The molecule has 28 heavy (non-hydrogen) atoms. The SMILES string of the molecule is CC[C@H](C)NC(=O)[C@@H]1c2ccccc2C(=O)N(C[C@H]2CCCO2)C12CCCC2. The van der Waals surface area contributed by atoms with E-state index in [4.69, 9.17) is 4.74 Å². The third-order valence-corrected chi connectivity index (χ3v) is 6.97. The molecule has 0 bridgehead atoms. The van der Waals surface area contributed by atoms with Gasteiger partial charge in [-0.1, -0.05) is 38.0 Å². The molecule has 2 heterocycles. The van der Waals surface area contributed by atoms with Crippen LogP contribution in [0.4, 0.5) is 0 Å². The number of hydrogen-bond donors (Lipinski definition) is 1. The van der Waals surface area contributed by atoms with E-state index in [0.29, 0.717) is 12.1 Å². The van der Waals surface area contributed by atoms with Crippen LogP contribution in [-0.2, 0) is 9.53 Å². The van der Waals surface area contributed by atoms with Gasteiger partial charge in [0.15, 0.2) is 0 Å². The molecule has 1 N–H and O–H groups in total. The summed E-state index contributed by atoms with van der Waals surface area (Å²) < 4.78 is 5.88. The summed E-state index contributed by atoms with van der Waals surface area (Å²) in [4.78, 5) is 29.1. The van der Waals surface area contributed by atoms with Crippen LogP contribution in [0.5, 0.6) is 0 Å². The number of amides is 2. The van der Waals surface area contributed by atoms with Crippen molar-refractivity contribution < 1.29 is 14.3 Å². The van der Waals surface area contributed by atoms with Crippen molar-refractivity contribution in [2.75, 3.05) is 13.2 Å². The summed E-state index contributed by atoms with van der Waals surface area (Å²) in [6, 6.07) is 7.84. The number of nitrogens with zero attached hydrogens (tertiary/aromatic N) is 1. The van der Waals surface area contributed by atoms with Gasteiger partial charge in [-0.3, -0.25) is 9.59 Å². The molecule has 1 spiro atoms. The summed E-state index contributed by atoms with van der Waals surface area (Å²) in [5.74, 6) is -0.173. The predicted octanol–water partition coefficient (Wildman–Crippen LogP) is 3.63. The van der Waals surface area contributed by atoms with Gasteiger partial charge in [0.25, 0.3) is 5.91 Å². The maximum absolute atomic E-state index is 13.6. The Bertz CT molecular complexity index is 735. The quantitative estimate of drug-likeness (QED) is 0.843. The second kappa shape index (κ2) is 7.86. The summed E-state index contributed by atoms with van der Waals surface area (Å²) in [6.45, 7) is 5.50. The smallest absolute Gasteiger partial charge is 0.254 e. The summed E-state index contributed by atoms with van der Waals surface area (Å²) >= 11 is 0. The maximum Gasteiger partial charge on any atom is 0.254 e. The Kier molecular flexibility index (Phi) is 5.46. The molecule has 1 saturated heterocycles. The molecule has 2 amide bonds. The van der Waals surface area contributed by atoms with Gasteiger partial charge in [0.1, 0.15) is 0 Å². The number of nitrogens with one attached hydrogen (secondary N) is 1. The monoisotopic (exact) mass is 384 g/mol. The Labute approximate surface area is 167 Å². The number of rotatable bonds is 5. The first-order chi connectivity index (χ1) is 13.6. The highest BCUT2D eigenvalue weighted by Gasteiger charge is 2.56. The molecule has 0 radical (unpaired) electrons. The van der Waals surface area contributed by atoms with Gasteiger partial charge in [-0.2, -0.15) is 0 Å². The van der Waals surface area contributed by atoms with Gasteiger partial charge in [0, 0.05) is 24.8 Å². The van der Waals surface area contributed by atoms with Crippen LogP contribution in [0.2, 0.25) is 0 Å². The average Bonchev–Trinajstić information content (AvgIpc) is 3.38. The summed E-state index contributed by atoms with van der Waals surface area (Å²) in [6.07, 6.45) is 6.92. The number of ether oxygens (including phenoxy) is 1. The second-order valence-electron chi connectivity index (χ2n) is 8.70. The lowest BCUT2D eigenvalue weighted by Gasteiger charge is -2.50. The van der Waals surface area contributed by atoms with Gasteiger partial charge in [-0.25, -0.2) is 0 Å². The van der Waals surface area contributed by atoms with E-state index in [1.165, 1.54) is 0 Å². The van der Waals surface area contributed by atoms with Crippen LogP contribution in [0.3, 0.4) is 0 Å². The molecule has 0 aromatic heterocycles. The molecular formula is C23H32N2O3. The number of benzene rings is 1. The number of fused-ring (bicyclic) bond motifs is 1. The van der Waals surface area contributed by atoms with E-state index in [2.05, 4.69) is 12.2 Å². The Balaban J connectivity index is 1.77. The van der Waals surface area contributed by atoms with Gasteiger partial charge in [-0.15, -0.1) is 0 Å². The Morgan fingerprint density at radius 3 is 2.71 bits per heavy atom. The zero-order valence-corrected chi connectivity index (χ0v) is 17.1. The molecule has 4 rings (SSSR count). The second-order valence-corrected chi connectivity index (χ2v) is 8.70. The van der Waals surface area contributed by atoms with Crippen LogP contribution < -0.4 is 5.32 Å². The molecule has 152 valence electrons. The highest BCUT2D eigenvalue weighted by Crippen LogP contribution is 2.50.